The molecule has 3 atom stereocenters. The molecule has 4 heteroatoms. The van der Waals surface area contributed by atoms with Gasteiger partial charge >= 0.3 is 0 Å². The molecular formula is C17H20ClNO2. The number of methoxy groups -OCH3 is 1. The number of rotatable bonds is 1. The molecule has 0 N–H and O–H groups in total. The summed E-state index contributed by atoms with van der Waals surface area (Å²) in [7, 11) is 3.89. The molecule has 0 fully saturated rings. The maximum absolute atomic E-state index is 6.34. The fourth-order valence-corrected chi connectivity index (χ4v) is 4.29. The van der Waals surface area contributed by atoms with Crippen LogP contribution in [0.25, 0.3) is 0 Å². The van der Waals surface area contributed by atoms with Crippen molar-refractivity contribution in [2.45, 2.75) is 36.3 Å². The first-order chi connectivity index (χ1) is 10.1. The van der Waals surface area contributed by atoms with Crippen molar-refractivity contribution in [2.75, 3.05) is 20.7 Å². The summed E-state index contributed by atoms with van der Waals surface area (Å²) in [6, 6.07) is 4.22. The smallest absolute Gasteiger partial charge is 0.166 e. The lowest BCUT2D eigenvalue weighted by Crippen LogP contribution is -2.41. The Morgan fingerprint density at radius 3 is 3.10 bits per heavy atom. The van der Waals surface area contributed by atoms with Crippen molar-refractivity contribution in [2.24, 2.45) is 0 Å². The topological polar surface area (TPSA) is 21.7 Å². The lowest BCUT2D eigenvalue weighted by molar-refractivity contribution is 0.141. The SMILES string of the molecule is COc1ccc2c3c1OC1CC(Cl)C=CC31CCN(C)C2. The summed E-state index contributed by atoms with van der Waals surface area (Å²) in [5.41, 5.74) is 2.65. The van der Waals surface area contributed by atoms with Crippen molar-refractivity contribution in [3.8, 4) is 11.5 Å². The second kappa shape index (κ2) is 4.65. The van der Waals surface area contributed by atoms with E-state index in [0.29, 0.717) is 0 Å². The fourth-order valence-electron chi connectivity index (χ4n) is 4.06. The summed E-state index contributed by atoms with van der Waals surface area (Å²) < 4.78 is 11.9. The highest BCUT2D eigenvalue weighted by molar-refractivity contribution is 6.21. The van der Waals surface area contributed by atoms with Crippen LogP contribution in [-0.4, -0.2) is 37.1 Å². The van der Waals surface area contributed by atoms with Crippen LogP contribution in [0.15, 0.2) is 24.3 Å². The molecule has 0 radical (unpaired) electrons. The van der Waals surface area contributed by atoms with Crippen LogP contribution in [0, 0.1) is 0 Å². The molecule has 1 aromatic carbocycles. The van der Waals surface area contributed by atoms with Crippen LogP contribution in [0.4, 0.5) is 0 Å². The minimum atomic E-state index is -0.0324. The third-order valence-corrected chi connectivity index (χ3v) is 5.44. The largest absolute Gasteiger partial charge is 0.493 e. The molecule has 4 rings (SSSR count). The molecule has 0 saturated carbocycles. The molecular weight excluding hydrogens is 286 g/mol. The van der Waals surface area contributed by atoms with Crippen LogP contribution >= 0.6 is 11.6 Å². The highest BCUT2D eigenvalue weighted by Gasteiger charge is 2.52. The van der Waals surface area contributed by atoms with E-state index in [1.165, 1.54) is 11.1 Å². The van der Waals surface area contributed by atoms with E-state index >= 15 is 0 Å². The van der Waals surface area contributed by atoms with Gasteiger partial charge in [0, 0.05) is 18.5 Å². The van der Waals surface area contributed by atoms with Gasteiger partial charge in [-0.1, -0.05) is 18.2 Å². The molecule has 1 spiro atoms. The van der Waals surface area contributed by atoms with Gasteiger partial charge in [0.1, 0.15) is 6.10 Å². The molecule has 2 heterocycles. The first kappa shape index (κ1) is 13.5. The van der Waals surface area contributed by atoms with Crippen LogP contribution in [0.5, 0.6) is 11.5 Å². The van der Waals surface area contributed by atoms with Gasteiger partial charge in [0.05, 0.1) is 17.9 Å². The van der Waals surface area contributed by atoms with E-state index < -0.39 is 0 Å². The van der Waals surface area contributed by atoms with E-state index in [9.17, 15) is 0 Å². The van der Waals surface area contributed by atoms with Gasteiger partial charge < -0.3 is 14.4 Å². The molecule has 3 unspecified atom stereocenters. The number of halogens is 1. The van der Waals surface area contributed by atoms with Crippen molar-refractivity contribution in [3.05, 3.63) is 35.4 Å². The van der Waals surface area contributed by atoms with Crippen LogP contribution in [0.2, 0.25) is 0 Å². The van der Waals surface area contributed by atoms with Crippen LogP contribution in [0.1, 0.15) is 24.0 Å². The van der Waals surface area contributed by atoms with E-state index in [0.717, 1.165) is 37.4 Å². The summed E-state index contributed by atoms with van der Waals surface area (Å²) >= 11 is 6.34. The Morgan fingerprint density at radius 1 is 1.43 bits per heavy atom. The third-order valence-electron chi connectivity index (χ3n) is 5.12. The molecule has 0 amide bonds. The van der Waals surface area contributed by atoms with Gasteiger partial charge in [0.25, 0.3) is 0 Å². The first-order valence-corrected chi connectivity index (χ1v) is 7.96. The van der Waals surface area contributed by atoms with Gasteiger partial charge in [-0.25, -0.2) is 0 Å². The number of hydrogen-bond acceptors (Lipinski definition) is 3. The van der Waals surface area contributed by atoms with Gasteiger partial charge in [-0.3, -0.25) is 0 Å². The van der Waals surface area contributed by atoms with Crippen molar-refractivity contribution >= 4 is 11.6 Å². The van der Waals surface area contributed by atoms with Crippen molar-refractivity contribution in [1.82, 2.24) is 4.90 Å². The lowest BCUT2D eigenvalue weighted by atomic mass is 9.69. The van der Waals surface area contributed by atoms with E-state index in [2.05, 4.69) is 30.2 Å². The highest BCUT2D eigenvalue weighted by Crippen LogP contribution is 2.55. The zero-order valence-corrected chi connectivity index (χ0v) is 13.2. The molecule has 1 aromatic rings. The minimum absolute atomic E-state index is 0.0324. The van der Waals surface area contributed by atoms with E-state index in [-0.39, 0.29) is 16.9 Å². The molecule has 0 aromatic heterocycles. The van der Waals surface area contributed by atoms with Gasteiger partial charge in [0.15, 0.2) is 11.5 Å². The molecule has 112 valence electrons. The van der Waals surface area contributed by atoms with Crippen molar-refractivity contribution in [1.29, 1.82) is 0 Å². The maximum atomic E-state index is 6.34. The van der Waals surface area contributed by atoms with Crippen molar-refractivity contribution < 1.29 is 9.47 Å². The Morgan fingerprint density at radius 2 is 2.29 bits per heavy atom. The Bertz CT molecular complexity index is 615. The average molecular weight is 306 g/mol. The zero-order chi connectivity index (χ0) is 14.6. The fraction of sp³-hybridized carbons (Fsp3) is 0.529. The molecule has 3 nitrogen and oxygen atoms in total. The number of allylic oxidation sites excluding steroid dienone is 1. The number of nitrogens with zero attached hydrogens (tertiary/aromatic N) is 1. The normalized spacial score (nSPS) is 33.9. The standard InChI is InChI=1S/C17H20ClNO2/c1-19-8-7-17-6-5-12(18)9-14(17)21-16-13(20-2)4-3-11(10-19)15(16)17/h3-6,12,14H,7-10H2,1-2H3. The van der Waals surface area contributed by atoms with Gasteiger partial charge in [0.2, 0.25) is 0 Å². The van der Waals surface area contributed by atoms with Crippen molar-refractivity contribution in [3.63, 3.8) is 0 Å². The van der Waals surface area contributed by atoms with Gasteiger partial charge in [-0.15, -0.1) is 11.6 Å². The Balaban J connectivity index is 1.95. The zero-order valence-electron chi connectivity index (χ0n) is 12.4. The number of hydrogen-bond donors (Lipinski definition) is 0. The van der Waals surface area contributed by atoms with Gasteiger partial charge in [-0.05, 0) is 31.6 Å². The monoisotopic (exact) mass is 305 g/mol. The van der Waals surface area contributed by atoms with Gasteiger partial charge in [-0.2, -0.15) is 0 Å². The average Bonchev–Trinajstić information content (AvgIpc) is 2.72. The maximum Gasteiger partial charge on any atom is 0.166 e. The molecule has 21 heavy (non-hydrogen) atoms. The highest BCUT2D eigenvalue weighted by atomic mass is 35.5. The third kappa shape index (κ3) is 1.84. The summed E-state index contributed by atoms with van der Waals surface area (Å²) in [5, 5.41) is 0.0605. The number of ether oxygens (including phenoxy) is 2. The molecule has 1 aliphatic carbocycles. The lowest BCUT2D eigenvalue weighted by Gasteiger charge is -2.35. The molecule has 3 aliphatic rings. The predicted molar refractivity (Wildman–Crippen MR) is 83.4 cm³/mol. The van der Waals surface area contributed by atoms with Crippen LogP contribution in [-0.2, 0) is 12.0 Å². The summed E-state index contributed by atoms with van der Waals surface area (Å²) in [4.78, 5) is 2.38. The summed E-state index contributed by atoms with van der Waals surface area (Å²) in [5.74, 6) is 1.78. The van der Waals surface area contributed by atoms with E-state index in [1.807, 2.05) is 6.07 Å². The second-order valence-corrected chi connectivity index (χ2v) is 6.94. The predicted octanol–water partition coefficient (Wildman–Crippen LogP) is 3.10. The molecule has 0 bridgehead atoms. The van der Waals surface area contributed by atoms with E-state index in [4.69, 9.17) is 21.1 Å². The Kier molecular flexibility index (Phi) is 2.98. The molecule has 0 saturated heterocycles. The van der Waals surface area contributed by atoms with E-state index in [1.54, 1.807) is 7.11 Å². The van der Waals surface area contributed by atoms with Crippen LogP contribution in [0.3, 0.4) is 0 Å². The second-order valence-electron chi connectivity index (χ2n) is 6.38. The summed E-state index contributed by atoms with van der Waals surface area (Å²) in [6.45, 7) is 2.02. The Labute approximate surface area is 130 Å². The van der Waals surface area contributed by atoms with Crippen LogP contribution < -0.4 is 9.47 Å². The first-order valence-electron chi connectivity index (χ1n) is 7.53. The Hall–Kier alpha value is -1.19. The number of alkyl halides is 1. The minimum Gasteiger partial charge on any atom is -0.493 e. The quantitative estimate of drug-likeness (QED) is 0.588. The molecule has 2 aliphatic heterocycles. The number of benzene rings is 1. The summed E-state index contributed by atoms with van der Waals surface area (Å²) in [6.07, 6.45) is 6.50.